The first-order chi connectivity index (χ1) is 11.1. The molecular formula is C16H9N3O4. The van der Waals surface area contributed by atoms with Gasteiger partial charge in [0.2, 0.25) is 0 Å². The fraction of sp³-hybridized carbons (Fsp3) is 0. The number of aromatic hydroxyl groups is 1. The number of nitriles is 1. The molecule has 1 aromatic carbocycles. The molecule has 2 N–H and O–H groups in total. The SMILES string of the molecule is N#Cc1cccc(NC(=O)c2cc3ccc(O)cc3oc2=O)n1. The summed E-state index contributed by atoms with van der Waals surface area (Å²) in [6.45, 7) is 0. The number of rotatable bonds is 2. The number of benzene rings is 1. The molecule has 0 aliphatic rings. The minimum absolute atomic E-state index is 0.0460. The van der Waals surface area contributed by atoms with Crippen molar-refractivity contribution in [2.45, 2.75) is 0 Å². The minimum Gasteiger partial charge on any atom is -0.508 e. The second-order valence-corrected chi connectivity index (χ2v) is 4.64. The number of anilines is 1. The number of carbonyl (C=O) groups is 1. The highest BCUT2D eigenvalue weighted by atomic mass is 16.4. The Hall–Kier alpha value is -3.66. The van der Waals surface area contributed by atoms with Gasteiger partial charge in [-0.05, 0) is 30.3 Å². The van der Waals surface area contributed by atoms with Crippen LogP contribution >= 0.6 is 0 Å². The summed E-state index contributed by atoms with van der Waals surface area (Å²) in [6.07, 6.45) is 0. The molecule has 0 radical (unpaired) electrons. The molecule has 0 bridgehead atoms. The number of nitrogens with zero attached hydrogens (tertiary/aromatic N) is 2. The maximum Gasteiger partial charge on any atom is 0.349 e. The third-order valence-electron chi connectivity index (χ3n) is 3.07. The molecule has 23 heavy (non-hydrogen) atoms. The van der Waals surface area contributed by atoms with Gasteiger partial charge in [0, 0.05) is 11.5 Å². The Kier molecular flexibility index (Phi) is 3.49. The molecule has 0 saturated heterocycles. The van der Waals surface area contributed by atoms with Crippen LogP contribution in [0, 0.1) is 11.3 Å². The summed E-state index contributed by atoms with van der Waals surface area (Å²) in [5, 5.41) is 21.1. The topological polar surface area (TPSA) is 116 Å². The van der Waals surface area contributed by atoms with Crippen LogP contribution in [0.25, 0.3) is 11.0 Å². The van der Waals surface area contributed by atoms with Crippen LogP contribution in [0.3, 0.4) is 0 Å². The lowest BCUT2D eigenvalue weighted by atomic mass is 10.1. The van der Waals surface area contributed by atoms with Crippen molar-refractivity contribution < 1.29 is 14.3 Å². The van der Waals surface area contributed by atoms with Gasteiger partial charge in [-0.25, -0.2) is 9.78 Å². The van der Waals surface area contributed by atoms with E-state index in [9.17, 15) is 14.7 Å². The zero-order chi connectivity index (χ0) is 16.4. The van der Waals surface area contributed by atoms with Crippen LogP contribution in [-0.2, 0) is 0 Å². The van der Waals surface area contributed by atoms with E-state index in [0.717, 1.165) is 0 Å². The lowest BCUT2D eigenvalue weighted by Crippen LogP contribution is -2.21. The molecule has 7 heteroatoms. The number of hydrogen-bond donors (Lipinski definition) is 2. The molecule has 2 heterocycles. The molecule has 0 fully saturated rings. The van der Waals surface area contributed by atoms with Gasteiger partial charge in [-0.1, -0.05) is 6.07 Å². The van der Waals surface area contributed by atoms with E-state index in [1.807, 2.05) is 6.07 Å². The lowest BCUT2D eigenvalue weighted by Gasteiger charge is -2.05. The third kappa shape index (κ3) is 2.87. The van der Waals surface area contributed by atoms with Gasteiger partial charge in [0.25, 0.3) is 5.91 Å². The fourth-order valence-electron chi connectivity index (χ4n) is 2.01. The number of carbonyl (C=O) groups excluding carboxylic acids is 1. The van der Waals surface area contributed by atoms with Gasteiger partial charge in [-0.15, -0.1) is 0 Å². The standard InChI is InChI=1S/C16H9N3O4/c17-8-10-2-1-3-14(18-10)19-15(21)12-6-9-4-5-11(20)7-13(9)23-16(12)22/h1-7,20H,(H,18,19,21). The number of fused-ring (bicyclic) bond motifs is 1. The highest BCUT2D eigenvalue weighted by molar-refractivity contribution is 6.05. The second-order valence-electron chi connectivity index (χ2n) is 4.64. The van der Waals surface area contributed by atoms with Gasteiger partial charge in [-0.3, -0.25) is 4.79 Å². The summed E-state index contributed by atoms with van der Waals surface area (Å²) < 4.78 is 5.03. The average Bonchev–Trinajstić information content (AvgIpc) is 2.54. The first-order valence-corrected chi connectivity index (χ1v) is 6.52. The monoisotopic (exact) mass is 307 g/mol. The van der Waals surface area contributed by atoms with E-state index >= 15 is 0 Å². The van der Waals surface area contributed by atoms with E-state index in [1.165, 1.54) is 36.4 Å². The van der Waals surface area contributed by atoms with Crippen molar-refractivity contribution in [1.29, 1.82) is 5.26 Å². The summed E-state index contributed by atoms with van der Waals surface area (Å²) in [7, 11) is 0. The Bertz CT molecular complexity index is 1020. The molecule has 112 valence electrons. The highest BCUT2D eigenvalue weighted by Gasteiger charge is 2.15. The molecule has 7 nitrogen and oxygen atoms in total. The molecule has 0 unspecified atom stereocenters. The largest absolute Gasteiger partial charge is 0.508 e. The van der Waals surface area contributed by atoms with Gasteiger partial charge >= 0.3 is 5.63 Å². The molecule has 0 aliphatic heterocycles. The zero-order valence-corrected chi connectivity index (χ0v) is 11.6. The zero-order valence-electron chi connectivity index (χ0n) is 11.6. The van der Waals surface area contributed by atoms with Crippen LogP contribution in [0.4, 0.5) is 5.82 Å². The molecule has 0 spiro atoms. The quantitative estimate of drug-likeness (QED) is 0.700. The highest BCUT2D eigenvalue weighted by Crippen LogP contribution is 2.19. The molecule has 0 aliphatic carbocycles. The van der Waals surface area contributed by atoms with E-state index < -0.39 is 11.5 Å². The van der Waals surface area contributed by atoms with E-state index in [2.05, 4.69) is 10.3 Å². The first kappa shape index (κ1) is 14.3. The number of amides is 1. The Labute approximate surface area is 129 Å². The van der Waals surface area contributed by atoms with Crippen molar-refractivity contribution in [1.82, 2.24) is 4.98 Å². The fourth-order valence-corrected chi connectivity index (χ4v) is 2.01. The summed E-state index contributed by atoms with van der Waals surface area (Å²) in [6, 6.07) is 12.0. The molecule has 2 aromatic heterocycles. The van der Waals surface area contributed by atoms with E-state index in [-0.39, 0.29) is 28.4 Å². The van der Waals surface area contributed by atoms with Crippen molar-refractivity contribution in [3.63, 3.8) is 0 Å². The lowest BCUT2D eigenvalue weighted by molar-refractivity contribution is 0.102. The van der Waals surface area contributed by atoms with Crippen molar-refractivity contribution >= 4 is 22.7 Å². The van der Waals surface area contributed by atoms with Crippen molar-refractivity contribution in [2.75, 3.05) is 5.32 Å². The Morgan fingerprint density at radius 3 is 2.87 bits per heavy atom. The Balaban J connectivity index is 1.97. The van der Waals surface area contributed by atoms with Gasteiger partial charge in [0.15, 0.2) is 0 Å². The van der Waals surface area contributed by atoms with Crippen LogP contribution < -0.4 is 10.9 Å². The van der Waals surface area contributed by atoms with Crippen LogP contribution in [0.1, 0.15) is 16.1 Å². The number of hydrogen-bond acceptors (Lipinski definition) is 6. The minimum atomic E-state index is -0.836. The molecule has 1 amide bonds. The average molecular weight is 307 g/mol. The third-order valence-corrected chi connectivity index (χ3v) is 3.07. The van der Waals surface area contributed by atoms with Crippen molar-refractivity contribution in [3.8, 4) is 11.8 Å². The van der Waals surface area contributed by atoms with Gasteiger partial charge in [0.1, 0.15) is 34.5 Å². The summed E-state index contributed by atoms with van der Waals surface area (Å²) in [5.41, 5.74) is -0.718. The number of phenolic OH excluding ortho intramolecular Hbond substituents is 1. The predicted octanol–water partition coefficient (Wildman–Crippen LogP) is 2.02. The number of nitrogens with one attached hydrogen (secondary N) is 1. The van der Waals surface area contributed by atoms with E-state index in [1.54, 1.807) is 6.07 Å². The summed E-state index contributed by atoms with van der Waals surface area (Å²) >= 11 is 0. The Morgan fingerprint density at radius 2 is 2.09 bits per heavy atom. The maximum atomic E-state index is 12.2. The van der Waals surface area contributed by atoms with Crippen LogP contribution in [-0.4, -0.2) is 16.0 Å². The van der Waals surface area contributed by atoms with Crippen LogP contribution in [0.2, 0.25) is 0 Å². The van der Waals surface area contributed by atoms with E-state index in [0.29, 0.717) is 5.39 Å². The Morgan fingerprint density at radius 1 is 1.26 bits per heavy atom. The predicted molar refractivity (Wildman–Crippen MR) is 81.1 cm³/mol. The van der Waals surface area contributed by atoms with Crippen molar-refractivity contribution in [2.24, 2.45) is 0 Å². The molecular weight excluding hydrogens is 298 g/mol. The summed E-state index contributed by atoms with van der Waals surface area (Å²) in [5.74, 6) is -0.592. The second kappa shape index (κ2) is 5.61. The van der Waals surface area contributed by atoms with Gasteiger partial charge < -0.3 is 14.8 Å². The van der Waals surface area contributed by atoms with Gasteiger partial charge in [-0.2, -0.15) is 5.26 Å². The van der Waals surface area contributed by atoms with E-state index in [4.69, 9.17) is 9.68 Å². The smallest absolute Gasteiger partial charge is 0.349 e. The number of aromatic nitrogens is 1. The molecule has 3 aromatic rings. The van der Waals surface area contributed by atoms with Crippen LogP contribution in [0.5, 0.6) is 5.75 Å². The first-order valence-electron chi connectivity index (χ1n) is 6.52. The molecule has 0 saturated carbocycles. The summed E-state index contributed by atoms with van der Waals surface area (Å²) in [4.78, 5) is 28.0. The number of pyridine rings is 1. The van der Waals surface area contributed by atoms with Crippen molar-refractivity contribution in [3.05, 3.63) is 64.1 Å². The molecule has 0 atom stereocenters. The number of phenols is 1. The van der Waals surface area contributed by atoms with Crippen LogP contribution in [0.15, 0.2) is 51.7 Å². The van der Waals surface area contributed by atoms with Gasteiger partial charge in [0.05, 0.1) is 0 Å². The normalized spacial score (nSPS) is 10.2. The molecule has 3 rings (SSSR count). The maximum absolute atomic E-state index is 12.2.